The molecule has 1 aromatic carbocycles. The number of amides is 1. The Labute approximate surface area is 146 Å². The number of nitrogens with one attached hydrogen (secondary N) is 1. The standard InChI is InChI=1S/C17H20N2O3S2/c1-3-11-19(13-15-8-5-4-6-9-15)17(20)14(2)18-24(21,22)16-10-7-12-23-16/h3-10,12,14,18H,1,11,13H2,2H3. The summed E-state index contributed by atoms with van der Waals surface area (Å²) in [6.45, 7) is 5.96. The SMILES string of the molecule is C=CCN(Cc1ccccc1)C(=O)C(C)NS(=O)(=O)c1cccs1. The minimum atomic E-state index is -3.69. The van der Waals surface area contributed by atoms with E-state index in [-0.39, 0.29) is 10.1 Å². The first-order valence-electron chi connectivity index (χ1n) is 7.43. The van der Waals surface area contributed by atoms with E-state index < -0.39 is 16.1 Å². The van der Waals surface area contributed by atoms with E-state index in [0.29, 0.717) is 13.1 Å². The molecular weight excluding hydrogens is 344 g/mol. The molecule has 0 aliphatic heterocycles. The Morgan fingerprint density at radius 1 is 1.29 bits per heavy atom. The maximum Gasteiger partial charge on any atom is 0.250 e. The number of rotatable bonds is 8. The number of thiophene rings is 1. The fourth-order valence-corrected chi connectivity index (χ4v) is 4.43. The van der Waals surface area contributed by atoms with Crippen LogP contribution in [0.25, 0.3) is 0 Å². The van der Waals surface area contributed by atoms with Gasteiger partial charge in [0.2, 0.25) is 5.91 Å². The largest absolute Gasteiger partial charge is 0.333 e. The van der Waals surface area contributed by atoms with Crippen molar-refractivity contribution in [2.24, 2.45) is 0 Å². The van der Waals surface area contributed by atoms with Crippen LogP contribution in [0.2, 0.25) is 0 Å². The number of carbonyl (C=O) groups is 1. The van der Waals surface area contributed by atoms with Crippen LogP contribution >= 0.6 is 11.3 Å². The van der Waals surface area contributed by atoms with Gasteiger partial charge in [-0.3, -0.25) is 4.79 Å². The lowest BCUT2D eigenvalue weighted by atomic mass is 10.2. The summed E-state index contributed by atoms with van der Waals surface area (Å²) in [4.78, 5) is 14.2. The molecule has 1 heterocycles. The zero-order chi connectivity index (χ0) is 17.6. The molecule has 5 nitrogen and oxygen atoms in total. The van der Waals surface area contributed by atoms with Crippen LogP contribution in [0.5, 0.6) is 0 Å². The van der Waals surface area contributed by atoms with E-state index >= 15 is 0 Å². The number of nitrogens with zero attached hydrogens (tertiary/aromatic N) is 1. The Hall–Kier alpha value is -1.96. The summed E-state index contributed by atoms with van der Waals surface area (Å²) >= 11 is 1.11. The van der Waals surface area contributed by atoms with Crippen molar-refractivity contribution in [1.29, 1.82) is 0 Å². The van der Waals surface area contributed by atoms with Gasteiger partial charge in [0.15, 0.2) is 0 Å². The topological polar surface area (TPSA) is 66.5 Å². The van der Waals surface area contributed by atoms with Gasteiger partial charge in [0, 0.05) is 13.1 Å². The predicted molar refractivity (Wildman–Crippen MR) is 96.2 cm³/mol. The normalized spacial score (nSPS) is 12.5. The van der Waals surface area contributed by atoms with Crippen LogP contribution in [0, 0.1) is 0 Å². The average molecular weight is 364 g/mol. The Morgan fingerprint density at radius 3 is 2.58 bits per heavy atom. The van der Waals surface area contributed by atoms with Crippen molar-refractivity contribution < 1.29 is 13.2 Å². The summed E-state index contributed by atoms with van der Waals surface area (Å²) in [5, 5.41) is 1.68. The van der Waals surface area contributed by atoms with Gasteiger partial charge >= 0.3 is 0 Å². The summed E-state index contributed by atoms with van der Waals surface area (Å²) in [5.41, 5.74) is 0.973. The number of hydrogen-bond acceptors (Lipinski definition) is 4. The van der Waals surface area contributed by atoms with E-state index in [1.54, 1.807) is 29.3 Å². The highest BCUT2D eigenvalue weighted by Crippen LogP contribution is 2.16. The summed E-state index contributed by atoms with van der Waals surface area (Å²) in [6.07, 6.45) is 1.63. The maximum atomic E-state index is 12.6. The van der Waals surface area contributed by atoms with Crippen molar-refractivity contribution in [2.45, 2.75) is 23.7 Å². The van der Waals surface area contributed by atoms with Gasteiger partial charge in [0.05, 0.1) is 6.04 Å². The van der Waals surface area contributed by atoms with Crippen molar-refractivity contribution in [3.8, 4) is 0 Å². The molecule has 0 fully saturated rings. The van der Waals surface area contributed by atoms with Crippen molar-refractivity contribution in [3.05, 3.63) is 66.1 Å². The van der Waals surface area contributed by atoms with Crippen LogP contribution in [0.1, 0.15) is 12.5 Å². The first-order chi connectivity index (χ1) is 11.4. The maximum absolute atomic E-state index is 12.6. The lowest BCUT2D eigenvalue weighted by molar-refractivity contribution is -0.132. The van der Waals surface area contributed by atoms with Crippen LogP contribution in [0.3, 0.4) is 0 Å². The molecule has 0 radical (unpaired) electrons. The molecule has 7 heteroatoms. The average Bonchev–Trinajstić information content (AvgIpc) is 3.10. The molecule has 0 saturated carbocycles. The third kappa shape index (κ3) is 4.77. The summed E-state index contributed by atoms with van der Waals surface area (Å²) in [7, 11) is -3.69. The monoisotopic (exact) mass is 364 g/mol. The Kier molecular flexibility index (Phi) is 6.30. The fourth-order valence-electron chi connectivity index (χ4n) is 2.22. The first-order valence-corrected chi connectivity index (χ1v) is 9.80. The minimum Gasteiger partial charge on any atom is -0.333 e. The smallest absolute Gasteiger partial charge is 0.250 e. The fraction of sp³-hybridized carbons (Fsp3) is 0.235. The third-order valence-corrected chi connectivity index (χ3v) is 6.28. The highest BCUT2D eigenvalue weighted by Gasteiger charge is 2.26. The summed E-state index contributed by atoms with van der Waals surface area (Å²) in [5.74, 6) is -0.293. The molecular formula is C17H20N2O3S2. The Morgan fingerprint density at radius 2 is 2.00 bits per heavy atom. The van der Waals surface area contributed by atoms with Crippen LogP contribution in [0.15, 0.2) is 64.7 Å². The molecule has 0 aliphatic rings. The lowest BCUT2D eigenvalue weighted by Crippen LogP contribution is -2.46. The molecule has 2 aromatic rings. The number of benzene rings is 1. The van der Waals surface area contributed by atoms with E-state index in [9.17, 15) is 13.2 Å². The summed E-state index contributed by atoms with van der Waals surface area (Å²) < 4.78 is 27.1. The molecule has 1 atom stereocenters. The number of carbonyl (C=O) groups excluding carboxylic acids is 1. The number of sulfonamides is 1. The molecule has 1 N–H and O–H groups in total. The van der Waals surface area contributed by atoms with Crippen LogP contribution in [-0.2, 0) is 21.4 Å². The molecule has 0 saturated heterocycles. The molecule has 1 amide bonds. The van der Waals surface area contributed by atoms with Crippen LogP contribution in [-0.4, -0.2) is 31.8 Å². The van der Waals surface area contributed by atoms with Gasteiger partial charge in [-0.2, -0.15) is 4.72 Å². The van der Waals surface area contributed by atoms with Crippen LogP contribution < -0.4 is 4.72 Å². The van der Waals surface area contributed by atoms with Crippen molar-refractivity contribution in [2.75, 3.05) is 6.54 Å². The molecule has 1 unspecified atom stereocenters. The van der Waals surface area contributed by atoms with Crippen molar-refractivity contribution in [1.82, 2.24) is 9.62 Å². The zero-order valence-corrected chi connectivity index (χ0v) is 15.0. The van der Waals surface area contributed by atoms with E-state index in [0.717, 1.165) is 16.9 Å². The molecule has 1 aromatic heterocycles. The van der Waals surface area contributed by atoms with E-state index in [4.69, 9.17) is 0 Å². The number of hydrogen-bond donors (Lipinski definition) is 1. The molecule has 0 bridgehead atoms. The van der Waals surface area contributed by atoms with E-state index in [1.165, 1.54) is 6.07 Å². The third-order valence-electron chi connectivity index (χ3n) is 3.34. The predicted octanol–water partition coefficient (Wildman–Crippen LogP) is 2.63. The second kappa shape index (κ2) is 8.23. The second-order valence-corrected chi connectivity index (χ2v) is 8.16. The highest BCUT2D eigenvalue weighted by molar-refractivity contribution is 7.91. The van der Waals surface area contributed by atoms with Gasteiger partial charge in [0.25, 0.3) is 10.0 Å². The van der Waals surface area contributed by atoms with Crippen molar-refractivity contribution in [3.63, 3.8) is 0 Å². The quantitative estimate of drug-likeness (QED) is 0.732. The zero-order valence-electron chi connectivity index (χ0n) is 13.4. The van der Waals surface area contributed by atoms with Gasteiger partial charge in [0.1, 0.15) is 4.21 Å². The summed E-state index contributed by atoms with van der Waals surface area (Å²) in [6, 6.07) is 11.8. The van der Waals surface area contributed by atoms with Gasteiger partial charge in [-0.05, 0) is 23.9 Å². The van der Waals surface area contributed by atoms with Gasteiger partial charge in [-0.15, -0.1) is 17.9 Å². The lowest BCUT2D eigenvalue weighted by Gasteiger charge is -2.25. The van der Waals surface area contributed by atoms with E-state index in [1.807, 2.05) is 30.3 Å². The van der Waals surface area contributed by atoms with Gasteiger partial charge in [-0.25, -0.2) is 8.42 Å². The molecule has 0 spiro atoms. The molecule has 2 rings (SSSR count). The Bertz CT molecular complexity index is 771. The second-order valence-electron chi connectivity index (χ2n) is 5.27. The minimum absolute atomic E-state index is 0.195. The van der Waals surface area contributed by atoms with E-state index in [2.05, 4.69) is 11.3 Å². The Balaban J connectivity index is 2.09. The highest BCUT2D eigenvalue weighted by atomic mass is 32.2. The van der Waals surface area contributed by atoms with Gasteiger partial charge in [-0.1, -0.05) is 42.5 Å². The first kappa shape index (κ1) is 18.4. The van der Waals surface area contributed by atoms with Crippen LogP contribution in [0.4, 0.5) is 0 Å². The van der Waals surface area contributed by atoms with Crippen molar-refractivity contribution >= 4 is 27.3 Å². The molecule has 128 valence electrons. The molecule has 0 aliphatic carbocycles. The van der Waals surface area contributed by atoms with Gasteiger partial charge < -0.3 is 4.90 Å². The molecule has 24 heavy (non-hydrogen) atoms.